The molecular formula is C19H23FN2O4S. The van der Waals surface area contributed by atoms with E-state index in [1.54, 1.807) is 18.2 Å². The number of carbonyl (C=O) groups is 1. The zero-order valence-corrected chi connectivity index (χ0v) is 16.1. The highest BCUT2D eigenvalue weighted by atomic mass is 32.2. The molecule has 27 heavy (non-hydrogen) atoms. The van der Waals surface area contributed by atoms with Crippen molar-refractivity contribution in [2.75, 3.05) is 26.8 Å². The molecule has 0 fully saturated rings. The number of sulfonamides is 1. The molecule has 1 amide bonds. The van der Waals surface area contributed by atoms with Crippen LogP contribution in [0.1, 0.15) is 11.1 Å². The summed E-state index contributed by atoms with van der Waals surface area (Å²) >= 11 is 0. The number of benzene rings is 2. The Morgan fingerprint density at radius 2 is 1.81 bits per heavy atom. The highest BCUT2D eigenvalue weighted by Crippen LogP contribution is 2.20. The van der Waals surface area contributed by atoms with Gasteiger partial charge in [0.05, 0.1) is 18.0 Å². The second-order valence-electron chi connectivity index (χ2n) is 6.02. The Balaban J connectivity index is 2.29. The lowest BCUT2D eigenvalue weighted by Gasteiger charge is -2.22. The van der Waals surface area contributed by atoms with Crippen molar-refractivity contribution in [3.05, 3.63) is 65.5 Å². The lowest BCUT2D eigenvalue weighted by Crippen LogP contribution is -2.41. The summed E-state index contributed by atoms with van der Waals surface area (Å²) < 4.78 is 45.9. The normalized spacial score (nSPS) is 11.6. The predicted octanol–water partition coefficient (Wildman–Crippen LogP) is 2.09. The fraction of sp³-hybridized carbons (Fsp3) is 0.316. The number of rotatable bonds is 9. The Kier molecular flexibility index (Phi) is 7.46. The van der Waals surface area contributed by atoms with Crippen molar-refractivity contribution in [3.8, 4) is 0 Å². The lowest BCUT2D eigenvalue weighted by atomic mass is 10.2. The minimum Gasteiger partial charge on any atom is -0.383 e. The summed E-state index contributed by atoms with van der Waals surface area (Å²) in [7, 11) is -2.49. The standard InChI is InChI=1S/C19H23FN2O4S/c1-15-7-9-17(10-8-15)27(24,25)22(14-19(23)21-11-12-26-2)13-16-5-3-4-6-18(16)20/h3-10H,11-14H2,1-2H3,(H,21,23). The van der Waals surface area contributed by atoms with Crippen molar-refractivity contribution in [1.82, 2.24) is 9.62 Å². The van der Waals surface area contributed by atoms with Gasteiger partial charge in [0.2, 0.25) is 15.9 Å². The van der Waals surface area contributed by atoms with Gasteiger partial charge in [0.1, 0.15) is 5.82 Å². The molecule has 0 atom stereocenters. The fourth-order valence-electron chi connectivity index (χ4n) is 2.41. The summed E-state index contributed by atoms with van der Waals surface area (Å²) in [4.78, 5) is 12.2. The Morgan fingerprint density at radius 3 is 2.44 bits per heavy atom. The number of methoxy groups -OCH3 is 1. The van der Waals surface area contributed by atoms with Crippen LogP contribution in [0.4, 0.5) is 4.39 Å². The maximum atomic E-state index is 14.0. The number of aryl methyl sites for hydroxylation is 1. The molecule has 0 heterocycles. The molecule has 0 saturated heterocycles. The van der Waals surface area contributed by atoms with Crippen LogP contribution in [0.5, 0.6) is 0 Å². The van der Waals surface area contributed by atoms with E-state index >= 15 is 0 Å². The van der Waals surface area contributed by atoms with Gasteiger partial charge in [0.15, 0.2) is 0 Å². The number of halogens is 1. The van der Waals surface area contributed by atoms with E-state index in [1.165, 1.54) is 37.4 Å². The maximum Gasteiger partial charge on any atom is 0.243 e. The molecule has 6 nitrogen and oxygen atoms in total. The van der Waals surface area contributed by atoms with E-state index in [0.717, 1.165) is 9.87 Å². The molecule has 0 spiro atoms. The van der Waals surface area contributed by atoms with Crippen LogP contribution < -0.4 is 5.32 Å². The number of carbonyl (C=O) groups excluding carboxylic acids is 1. The van der Waals surface area contributed by atoms with Gasteiger partial charge in [0, 0.05) is 25.8 Å². The van der Waals surface area contributed by atoms with Gasteiger partial charge in [-0.15, -0.1) is 0 Å². The summed E-state index contributed by atoms with van der Waals surface area (Å²) in [5, 5.41) is 2.58. The van der Waals surface area contributed by atoms with Gasteiger partial charge in [-0.2, -0.15) is 4.31 Å². The summed E-state index contributed by atoms with van der Waals surface area (Å²) in [5.41, 5.74) is 1.10. The van der Waals surface area contributed by atoms with E-state index < -0.39 is 28.3 Å². The van der Waals surface area contributed by atoms with Gasteiger partial charge in [-0.1, -0.05) is 35.9 Å². The molecule has 2 rings (SSSR count). The minimum absolute atomic E-state index is 0.0501. The molecule has 2 aromatic rings. The van der Waals surface area contributed by atoms with Crippen molar-refractivity contribution < 1.29 is 22.3 Å². The summed E-state index contributed by atoms with van der Waals surface area (Å²) in [6, 6.07) is 12.2. The van der Waals surface area contributed by atoms with Crippen LogP contribution in [0.3, 0.4) is 0 Å². The van der Waals surface area contributed by atoms with Crippen LogP contribution in [0.25, 0.3) is 0 Å². The first kappa shape index (κ1) is 21.0. The SMILES string of the molecule is COCCNC(=O)CN(Cc1ccccc1F)S(=O)(=O)c1ccc(C)cc1. The average molecular weight is 394 g/mol. The number of nitrogens with zero attached hydrogens (tertiary/aromatic N) is 1. The summed E-state index contributed by atoms with van der Waals surface area (Å²) in [5.74, 6) is -1.01. The minimum atomic E-state index is -3.98. The first-order valence-corrected chi connectivity index (χ1v) is 9.84. The third kappa shape index (κ3) is 5.85. The van der Waals surface area contributed by atoms with Crippen molar-refractivity contribution >= 4 is 15.9 Å². The van der Waals surface area contributed by atoms with Gasteiger partial charge >= 0.3 is 0 Å². The summed E-state index contributed by atoms with van der Waals surface area (Å²) in [6.07, 6.45) is 0. The molecule has 8 heteroatoms. The van der Waals surface area contributed by atoms with E-state index in [2.05, 4.69) is 5.32 Å². The highest BCUT2D eigenvalue weighted by molar-refractivity contribution is 7.89. The van der Waals surface area contributed by atoms with Crippen LogP contribution in [0.15, 0.2) is 53.4 Å². The van der Waals surface area contributed by atoms with Crippen molar-refractivity contribution in [3.63, 3.8) is 0 Å². The Bertz CT molecular complexity index is 870. The molecule has 0 saturated carbocycles. The van der Waals surface area contributed by atoms with Crippen molar-refractivity contribution in [2.45, 2.75) is 18.4 Å². The van der Waals surface area contributed by atoms with Crippen LogP contribution in [-0.2, 0) is 26.1 Å². The molecule has 2 aromatic carbocycles. The number of ether oxygens (including phenoxy) is 1. The monoisotopic (exact) mass is 394 g/mol. The third-order valence-electron chi connectivity index (χ3n) is 3.91. The smallest absolute Gasteiger partial charge is 0.243 e. The number of nitrogens with one attached hydrogen (secondary N) is 1. The largest absolute Gasteiger partial charge is 0.383 e. The van der Waals surface area contributed by atoms with E-state index in [9.17, 15) is 17.6 Å². The molecule has 0 unspecified atom stereocenters. The molecule has 0 aliphatic heterocycles. The first-order valence-electron chi connectivity index (χ1n) is 8.40. The second kappa shape index (κ2) is 9.59. The fourth-order valence-corrected chi connectivity index (χ4v) is 3.78. The lowest BCUT2D eigenvalue weighted by molar-refractivity contribution is -0.121. The molecule has 1 N–H and O–H groups in total. The average Bonchev–Trinajstić information content (AvgIpc) is 2.63. The van der Waals surface area contributed by atoms with Crippen LogP contribution in [-0.4, -0.2) is 45.4 Å². The molecule has 146 valence electrons. The quantitative estimate of drug-likeness (QED) is 0.661. The Labute approximate surface area is 159 Å². The zero-order chi connectivity index (χ0) is 19.9. The van der Waals surface area contributed by atoms with Crippen molar-refractivity contribution in [1.29, 1.82) is 0 Å². The van der Waals surface area contributed by atoms with Crippen molar-refractivity contribution in [2.24, 2.45) is 0 Å². The van der Waals surface area contributed by atoms with Gasteiger partial charge in [-0.05, 0) is 25.1 Å². The van der Waals surface area contributed by atoms with E-state index in [-0.39, 0.29) is 23.5 Å². The third-order valence-corrected chi connectivity index (χ3v) is 5.72. The highest BCUT2D eigenvalue weighted by Gasteiger charge is 2.27. The molecule has 0 aliphatic carbocycles. The topological polar surface area (TPSA) is 75.7 Å². The molecule has 0 aromatic heterocycles. The van der Waals surface area contributed by atoms with Gasteiger partial charge in [0.25, 0.3) is 0 Å². The van der Waals surface area contributed by atoms with Gasteiger partial charge in [-0.3, -0.25) is 4.79 Å². The summed E-state index contributed by atoms with van der Waals surface area (Å²) in [6.45, 7) is 1.74. The van der Waals surface area contributed by atoms with Crippen LogP contribution in [0, 0.1) is 12.7 Å². The molecular weight excluding hydrogens is 371 g/mol. The second-order valence-corrected chi connectivity index (χ2v) is 7.96. The maximum absolute atomic E-state index is 14.0. The Morgan fingerprint density at radius 1 is 1.15 bits per heavy atom. The van der Waals surface area contributed by atoms with Gasteiger partial charge in [-0.25, -0.2) is 12.8 Å². The first-order chi connectivity index (χ1) is 12.8. The molecule has 0 bridgehead atoms. The van der Waals surface area contributed by atoms with E-state index in [1.807, 2.05) is 6.92 Å². The zero-order valence-electron chi connectivity index (χ0n) is 15.3. The number of hydrogen-bond acceptors (Lipinski definition) is 4. The van der Waals surface area contributed by atoms with Crippen LogP contribution >= 0.6 is 0 Å². The van der Waals surface area contributed by atoms with E-state index in [0.29, 0.717) is 6.61 Å². The predicted molar refractivity (Wildman–Crippen MR) is 100 cm³/mol. The van der Waals surface area contributed by atoms with Gasteiger partial charge < -0.3 is 10.1 Å². The Hall–Kier alpha value is -2.29. The number of amides is 1. The molecule has 0 aliphatic rings. The van der Waals surface area contributed by atoms with E-state index in [4.69, 9.17) is 4.74 Å². The molecule has 0 radical (unpaired) electrons. The number of hydrogen-bond donors (Lipinski definition) is 1. The van der Waals surface area contributed by atoms with Crippen LogP contribution in [0.2, 0.25) is 0 Å².